The van der Waals surface area contributed by atoms with E-state index < -0.39 is 15.6 Å². The summed E-state index contributed by atoms with van der Waals surface area (Å²) in [5, 5.41) is 6.88. The second kappa shape index (κ2) is 8.52. The molecule has 1 unspecified atom stereocenters. The van der Waals surface area contributed by atoms with Gasteiger partial charge in [0.05, 0.1) is 18.8 Å². The van der Waals surface area contributed by atoms with Crippen LogP contribution < -0.4 is 20.1 Å². The molecule has 1 heterocycles. The van der Waals surface area contributed by atoms with Crippen LogP contribution in [0.5, 0.6) is 5.75 Å². The molecule has 1 aliphatic heterocycles. The van der Waals surface area contributed by atoms with Gasteiger partial charge in [-0.25, -0.2) is 13.1 Å². The zero-order chi connectivity index (χ0) is 21.1. The Labute approximate surface area is 174 Å². The number of hydrogen-bond acceptors (Lipinski definition) is 4. The molecule has 1 aliphatic carbocycles. The number of aliphatic imine (C=N–C) groups is 1. The van der Waals surface area contributed by atoms with Gasteiger partial charge >= 0.3 is 0 Å². The van der Waals surface area contributed by atoms with Crippen LogP contribution in [0.3, 0.4) is 0 Å². The highest BCUT2D eigenvalue weighted by molar-refractivity contribution is 7.88. The first-order valence-electron chi connectivity index (χ1n) is 10.4. The first-order valence-corrected chi connectivity index (χ1v) is 12.3. The number of hydrogen-bond donors (Lipinski definition) is 3. The third-order valence-corrected chi connectivity index (χ3v) is 6.38. The van der Waals surface area contributed by atoms with Crippen LogP contribution in [0.25, 0.3) is 0 Å². The predicted molar refractivity (Wildman–Crippen MR) is 117 cm³/mol. The zero-order valence-electron chi connectivity index (χ0n) is 17.9. The molecule has 0 amide bonds. The normalized spacial score (nSPS) is 21.5. The van der Waals surface area contributed by atoms with Gasteiger partial charge in [0.15, 0.2) is 5.96 Å². The second-order valence-electron chi connectivity index (χ2n) is 8.88. The van der Waals surface area contributed by atoms with Crippen LogP contribution >= 0.6 is 0 Å². The summed E-state index contributed by atoms with van der Waals surface area (Å²) in [5.74, 6) is 1.64. The molecule has 0 bridgehead atoms. The van der Waals surface area contributed by atoms with Gasteiger partial charge in [-0.2, -0.15) is 0 Å². The Morgan fingerprint density at radius 1 is 1.28 bits per heavy atom. The topological polar surface area (TPSA) is 91.8 Å². The van der Waals surface area contributed by atoms with Gasteiger partial charge in [-0.3, -0.25) is 4.99 Å². The summed E-state index contributed by atoms with van der Waals surface area (Å²) in [4.78, 5) is 4.68. The third kappa shape index (κ3) is 5.85. The lowest BCUT2D eigenvalue weighted by Crippen LogP contribution is -2.48. The molecule has 7 nitrogen and oxygen atoms in total. The number of benzene rings is 1. The van der Waals surface area contributed by atoms with Crippen LogP contribution in [0.4, 0.5) is 0 Å². The molecule has 3 N–H and O–H groups in total. The number of para-hydroxylation sites is 1. The maximum absolute atomic E-state index is 11.6. The lowest BCUT2D eigenvalue weighted by Gasteiger charge is -2.40. The molecule has 8 heteroatoms. The summed E-state index contributed by atoms with van der Waals surface area (Å²) < 4.78 is 32.3. The molecular formula is C21H34N4O3S. The van der Waals surface area contributed by atoms with Crippen LogP contribution in [0.2, 0.25) is 0 Å². The van der Waals surface area contributed by atoms with Crippen molar-refractivity contribution in [2.24, 2.45) is 4.99 Å². The van der Waals surface area contributed by atoms with Gasteiger partial charge < -0.3 is 15.4 Å². The number of fused-ring (bicyclic) bond motifs is 1. The largest absolute Gasteiger partial charge is 0.487 e. The molecule has 1 atom stereocenters. The van der Waals surface area contributed by atoms with Crippen LogP contribution in [0, 0.1) is 0 Å². The lowest BCUT2D eigenvalue weighted by molar-refractivity contribution is 0.0396. The molecule has 1 aromatic rings. The summed E-state index contributed by atoms with van der Waals surface area (Å²) in [6.07, 6.45) is 6.64. The van der Waals surface area contributed by atoms with Crippen LogP contribution in [-0.2, 0) is 10.0 Å². The highest BCUT2D eigenvalue weighted by atomic mass is 32.2. The van der Waals surface area contributed by atoms with Crippen molar-refractivity contribution in [3.05, 3.63) is 29.8 Å². The van der Waals surface area contributed by atoms with Gasteiger partial charge in [0.25, 0.3) is 0 Å². The molecule has 1 fully saturated rings. The van der Waals surface area contributed by atoms with Crippen molar-refractivity contribution < 1.29 is 13.2 Å². The quantitative estimate of drug-likeness (QED) is 0.484. The maximum atomic E-state index is 11.6. The highest BCUT2D eigenvalue weighted by Gasteiger charge is 2.43. The van der Waals surface area contributed by atoms with Crippen molar-refractivity contribution >= 4 is 16.0 Å². The van der Waals surface area contributed by atoms with E-state index in [4.69, 9.17) is 4.74 Å². The minimum Gasteiger partial charge on any atom is -0.487 e. The van der Waals surface area contributed by atoms with E-state index in [0.29, 0.717) is 12.5 Å². The molecule has 29 heavy (non-hydrogen) atoms. The van der Waals surface area contributed by atoms with Crippen molar-refractivity contribution in [1.29, 1.82) is 0 Å². The average molecular weight is 423 g/mol. The lowest BCUT2D eigenvalue weighted by atomic mass is 9.86. The van der Waals surface area contributed by atoms with E-state index in [9.17, 15) is 8.42 Å². The molecule has 0 radical (unpaired) electrons. The monoisotopic (exact) mass is 422 g/mol. The standard InChI is InChI=1S/C21H34N4O3S/c1-5-22-19(23-15-20(2,3)25-29(4,26)27)24-17-14-21(12-8-9-13-21)28-18-11-7-6-10-16(17)18/h6-7,10-11,17,25H,5,8-9,12-15H2,1-4H3,(H2,22,23,24). The summed E-state index contributed by atoms with van der Waals surface area (Å²) >= 11 is 0. The molecule has 1 spiro atoms. The molecule has 0 aromatic heterocycles. The average Bonchev–Trinajstić information content (AvgIpc) is 3.05. The van der Waals surface area contributed by atoms with Crippen molar-refractivity contribution in [3.8, 4) is 5.75 Å². The molecule has 3 rings (SSSR count). The van der Waals surface area contributed by atoms with Gasteiger partial charge in [-0.15, -0.1) is 0 Å². The highest BCUT2D eigenvalue weighted by Crippen LogP contribution is 2.46. The Morgan fingerprint density at radius 3 is 2.62 bits per heavy atom. The van der Waals surface area contributed by atoms with Crippen LogP contribution in [0.1, 0.15) is 64.5 Å². The van der Waals surface area contributed by atoms with E-state index in [1.807, 2.05) is 39.0 Å². The number of rotatable bonds is 6. The van der Waals surface area contributed by atoms with Crippen molar-refractivity contribution in [2.45, 2.75) is 70.1 Å². The second-order valence-corrected chi connectivity index (χ2v) is 10.6. The predicted octanol–water partition coefficient (Wildman–Crippen LogP) is 2.71. The summed E-state index contributed by atoms with van der Waals surface area (Å²) in [5.41, 5.74) is 0.376. The van der Waals surface area contributed by atoms with Crippen molar-refractivity contribution in [1.82, 2.24) is 15.4 Å². The molecular weight excluding hydrogens is 388 g/mol. The smallest absolute Gasteiger partial charge is 0.209 e. The SMILES string of the molecule is CCNC(=NCC(C)(C)NS(C)(=O)=O)NC1CC2(CCCC2)Oc2ccccc21. The Morgan fingerprint density at radius 2 is 1.97 bits per heavy atom. The first-order chi connectivity index (χ1) is 13.6. The van der Waals surface area contributed by atoms with Gasteiger partial charge in [0.1, 0.15) is 11.4 Å². The Balaban J connectivity index is 1.80. The summed E-state index contributed by atoms with van der Waals surface area (Å²) in [6, 6.07) is 8.30. The van der Waals surface area contributed by atoms with Crippen molar-refractivity contribution in [3.63, 3.8) is 0 Å². The van der Waals surface area contributed by atoms with Crippen LogP contribution in [0.15, 0.2) is 29.3 Å². The van der Waals surface area contributed by atoms with E-state index in [1.54, 1.807) is 0 Å². The zero-order valence-corrected chi connectivity index (χ0v) is 18.7. The van der Waals surface area contributed by atoms with Gasteiger partial charge in [-0.05, 0) is 52.5 Å². The molecule has 1 aromatic carbocycles. The number of guanidine groups is 1. The van der Waals surface area contributed by atoms with E-state index in [1.165, 1.54) is 19.1 Å². The van der Waals surface area contributed by atoms with Crippen molar-refractivity contribution in [2.75, 3.05) is 19.3 Å². The minimum atomic E-state index is -3.30. The Kier molecular flexibility index (Phi) is 6.43. The number of ether oxygens (including phenoxy) is 1. The molecule has 162 valence electrons. The van der Waals surface area contributed by atoms with Gasteiger partial charge in [0, 0.05) is 24.1 Å². The number of nitrogens with one attached hydrogen (secondary N) is 3. The molecule has 1 saturated carbocycles. The number of sulfonamides is 1. The fourth-order valence-electron chi connectivity index (χ4n) is 4.37. The number of nitrogens with zero attached hydrogens (tertiary/aromatic N) is 1. The van der Waals surface area contributed by atoms with Crippen LogP contribution in [-0.4, -0.2) is 44.9 Å². The minimum absolute atomic E-state index is 0.0968. The third-order valence-electron chi connectivity index (χ3n) is 5.46. The summed E-state index contributed by atoms with van der Waals surface area (Å²) in [7, 11) is -3.30. The Hall–Kier alpha value is -1.80. The first kappa shape index (κ1) is 21.9. The van der Waals surface area contributed by atoms with Gasteiger partial charge in [-0.1, -0.05) is 18.2 Å². The van der Waals surface area contributed by atoms with Gasteiger partial charge in [0.2, 0.25) is 10.0 Å². The van der Waals surface area contributed by atoms with E-state index in [2.05, 4.69) is 26.4 Å². The summed E-state index contributed by atoms with van der Waals surface area (Å²) in [6.45, 7) is 6.73. The van der Waals surface area contributed by atoms with E-state index in [-0.39, 0.29) is 11.6 Å². The fourth-order valence-corrected chi connectivity index (χ4v) is 5.44. The Bertz CT molecular complexity index is 845. The fraction of sp³-hybridized carbons (Fsp3) is 0.667. The van der Waals surface area contributed by atoms with E-state index >= 15 is 0 Å². The molecule has 2 aliphatic rings. The maximum Gasteiger partial charge on any atom is 0.209 e. The van der Waals surface area contributed by atoms with E-state index in [0.717, 1.165) is 37.1 Å². The molecule has 0 saturated heterocycles.